The summed E-state index contributed by atoms with van der Waals surface area (Å²) in [5, 5.41) is 0. The van der Waals surface area contributed by atoms with Crippen molar-refractivity contribution in [1.29, 1.82) is 0 Å². The minimum Gasteiger partial charge on any atom is -0.360 e. The SMILES string of the molecule is C=Cc1ccc(N=Cc2ccc[nH]2)cc1. The Bertz CT molecular complexity index is 450. The van der Waals surface area contributed by atoms with Crippen LogP contribution < -0.4 is 0 Å². The molecule has 0 radical (unpaired) electrons. The van der Waals surface area contributed by atoms with Crippen molar-refractivity contribution in [2.75, 3.05) is 0 Å². The zero-order chi connectivity index (χ0) is 10.5. The van der Waals surface area contributed by atoms with E-state index in [-0.39, 0.29) is 0 Å². The van der Waals surface area contributed by atoms with Gasteiger partial charge in [-0.1, -0.05) is 24.8 Å². The summed E-state index contributed by atoms with van der Waals surface area (Å²) in [5.74, 6) is 0. The highest BCUT2D eigenvalue weighted by Crippen LogP contribution is 2.13. The van der Waals surface area contributed by atoms with Crippen molar-refractivity contribution < 1.29 is 0 Å². The van der Waals surface area contributed by atoms with Crippen molar-refractivity contribution in [3.05, 3.63) is 60.4 Å². The summed E-state index contributed by atoms with van der Waals surface area (Å²) in [6.45, 7) is 3.70. The minimum atomic E-state index is 0.940. The molecule has 0 aliphatic rings. The fourth-order valence-electron chi connectivity index (χ4n) is 1.27. The van der Waals surface area contributed by atoms with Gasteiger partial charge in [0.1, 0.15) is 0 Å². The van der Waals surface area contributed by atoms with Crippen LogP contribution in [0.3, 0.4) is 0 Å². The smallest absolute Gasteiger partial charge is 0.0630 e. The topological polar surface area (TPSA) is 28.1 Å². The van der Waals surface area contributed by atoms with Crippen LogP contribution in [-0.4, -0.2) is 11.2 Å². The number of aliphatic imine (C=N–C) groups is 1. The molecule has 0 bridgehead atoms. The van der Waals surface area contributed by atoms with E-state index in [1.54, 1.807) is 0 Å². The van der Waals surface area contributed by atoms with E-state index < -0.39 is 0 Å². The largest absolute Gasteiger partial charge is 0.360 e. The number of H-pyrrole nitrogens is 1. The summed E-state index contributed by atoms with van der Waals surface area (Å²) in [6.07, 6.45) is 5.50. The van der Waals surface area contributed by atoms with Gasteiger partial charge in [-0.15, -0.1) is 0 Å². The van der Waals surface area contributed by atoms with Gasteiger partial charge in [-0.2, -0.15) is 0 Å². The highest BCUT2D eigenvalue weighted by atomic mass is 14.8. The predicted molar refractivity (Wildman–Crippen MR) is 64.6 cm³/mol. The summed E-state index contributed by atoms with van der Waals surface area (Å²) >= 11 is 0. The van der Waals surface area contributed by atoms with Crippen LogP contribution in [0.1, 0.15) is 11.3 Å². The summed E-state index contributed by atoms with van der Waals surface area (Å²) < 4.78 is 0. The summed E-state index contributed by atoms with van der Waals surface area (Å²) in [7, 11) is 0. The van der Waals surface area contributed by atoms with Crippen LogP contribution in [0.4, 0.5) is 5.69 Å². The Kier molecular flexibility index (Phi) is 2.79. The van der Waals surface area contributed by atoms with E-state index in [2.05, 4.69) is 16.6 Å². The van der Waals surface area contributed by atoms with Crippen LogP contribution in [0.15, 0.2) is 54.2 Å². The quantitative estimate of drug-likeness (QED) is 0.729. The number of rotatable bonds is 3. The first kappa shape index (κ1) is 9.46. The number of benzene rings is 1. The van der Waals surface area contributed by atoms with Crippen LogP contribution in [0.25, 0.3) is 6.08 Å². The zero-order valence-corrected chi connectivity index (χ0v) is 8.35. The lowest BCUT2D eigenvalue weighted by Gasteiger charge is -1.94. The maximum atomic E-state index is 4.33. The van der Waals surface area contributed by atoms with Gasteiger partial charge in [0.25, 0.3) is 0 Å². The molecule has 2 rings (SSSR count). The Morgan fingerprint density at radius 3 is 2.53 bits per heavy atom. The van der Waals surface area contributed by atoms with Gasteiger partial charge < -0.3 is 4.98 Å². The fraction of sp³-hybridized carbons (Fsp3) is 0. The first-order valence-corrected chi connectivity index (χ1v) is 4.78. The number of hydrogen-bond donors (Lipinski definition) is 1. The zero-order valence-electron chi connectivity index (χ0n) is 8.35. The lowest BCUT2D eigenvalue weighted by Crippen LogP contribution is -1.78. The monoisotopic (exact) mass is 196 g/mol. The molecule has 2 nitrogen and oxygen atoms in total. The van der Waals surface area contributed by atoms with Crippen molar-refractivity contribution in [3.63, 3.8) is 0 Å². The highest BCUT2D eigenvalue weighted by molar-refractivity contribution is 5.79. The maximum absolute atomic E-state index is 4.33. The molecule has 0 aliphatic heterocycles. The van der Waals surface area contributed by atoms with E-state index in [4.69, 9.17) is 0 Å². The van der Waals surface area contributed by atoms with Gasteiger partial charge in [0.2, 0.25) is 0 Å². The van der Waals surface area contributed by atoms with Gasteiger partial charge in [-0.05, 0) is 29.8 Å². The average Bonchev–Trinajstić information content (AvgIpc) is 2.80. The van der Waals surface area contributed by atoms with Gasteiger partial charge >= 0.3 is 0 Å². The molecule has 1 N–H and O–H groups in total. The Labute approximate surface area is 89.0 Å². The summed E-state index contributed by atoms with van der Waals surface area (Å²) in [6, 6.07) is 11.8. The van der Waals surface area contributed by atoms with Crippen LogP contribution in [0.2, 0.25) is 0 Å². The molecule has 0 spiro atoms. The molecule has 0 unspecified atom stereocenters. The molecule has 0 aliphatic carbocycles. The molecule has 1 heterocycles. The van der Waals surface area contributed by atoms with E-state index in [1.807, 2.05) is 54.9 Å². The molecule has 15 heavy (non-hydrogen) atoms. The number of nitrogens with one attached hydrogen (secondary N) is 1. The molecule has 2 heteroatoms. The molecule has 0 saturated carbocycles. The van der Waals surface area contributed by atoms with E-state index >= 15 is 0 Å². The number of nitrogens with zero attached hydrogens (tertiary/aromatic N) is 1. The fourth-order valence-corrected chi connectivity index (χ4v) is 1.27. The Morgan fingerprint density at radius 1 is 1.13 bits per heavy atom. The molecule has 0 amide bonds. The number of hydrogen-bond acceptors (Lipinski definition) is 1. The van der Waals surface area contributed by atoms with Crippen molar-refractivity contribution in [3.8, 4) is 0 Å². The van der Waals surface area contributed by atoms with Gasteiger partial charge in [0.15, 0.2) is 0 Å². The predicted octanol–water partition coefficient (Wildman–Crippen LogP) is 3.41. The van der Waals surface area contributed by atoms with Crippen LogP contribution in [-0.2, 0) is 0 Å². The van der Waals surface area contributed by atoms with Crippen molar-refractivity contribution in [2.24, 2.45) is 4.99 Å². The molecule has 1 aromatic carbocycles. The van der Waals surface area contributed by atoms with Crippen molar-refractivity contribution in [1.82, 2.24) is 4.98 Å². The molecule has 1 aromatic heterocycles. The summed E-state index contributed by atoms with van der Waals surface area (Å²) in [4.78, 5) is 7.40. The Hall–Kier alpha value is -2.09. The maximum Gasteiger partial charge on any atom is 0.0630 e. The molecule has 2 aromatic rings. The van der Waals surface area contributed by atoms with Gasteiger partial charge in [0, 0.05) is 6.20 Å². The van der Waals surface area contributed by atoms with Gasteiger partial charge in [-0.25, -0.2) is 0 Å². The van der Waals surface area contributed by atoms with E-state index in [0.717, 1.165) is 16.9 Å². The molecule has 74 valence electrons. The average molecular weight is 196 g/mol. The van der Waals surface area contributed by atoms with Crippen LogP contribution in [0, 0.1) is 0 Å². The summed E-state index contributed by atoms with van der Waals surface area (Å²) in [5.41, 5.74) is 3.05. The number of aromatic nitrogens is 1. The van der Waals surface area contributed by atoms with Gasteiger partial charge in [0.05, 0.1) is 17.6 Å². The molecule has 0 saturated heterocycles. The minimum absolute atomic E-state index is 0.940. The Morgan fingerprint density at radius 2 is 1.93 bits per heavy atom. The Balaban J connectivity index is 2.14. The van der Waals surface area contributed by atoms with Crippen LogP contribution >= 0.6 is 0 Å². The van der Waals surface area contributed by atoms with Crippen LogP contribution in [0.5, 0.6) is 0 Å². The lowest BCUT2D eigenvalue weighted by molar-refractivity contribution is 1.38. The third-order valence-corrected chi connectivity index (χ3v) is 2.10. The first-order valence-electron chi connectivity index (χ1n) is 4.78. The third kappa shape index (κ3) is 2.44. The van der Waals surface area contributed by atoms with Crippen molar-refractivity contribution >= 4 is 18.0 Å². The third-order valence-electron chi connectivity index (χ3n) is 2.10. The van der Waals surface area contributed by atoms with Crippen molar-refractivity contribution in [2.45, 2.75) is 0 Å². The highest BCUT2D eigenvalue weighted by Gasteiger charge is 1.89. The standard InChI is InChI=1S/C13H12N2/c1-2-11-5-7-12(8-6-11)15-10-13-4-3-9-14-13/h2-10,14H,1H2. The first-order chi connectivity index (χ1) is 7.38. The normalized spacial score (nSPS) is 10.7. The second-order valence-electron chi connectivity index (χ2n) is 3.18. The molecular weight excluding hydrogens is 184 g/mol. The molecule has 0 atom stereocenters. The van der Waals surface area contributed by atoms with E-state index in [9.17, 15) is 0 Å². The molecule has 0 fully saturated rings. The second-order valence-corrected chi connectivity index (χ2v) is 3.18. The second kappa shape index (κ2) is 4.42. The van der Waals surface area contributed by atoms with Gasteiger partial charge in [-0.3, -0.25) is 4.99 Å². The van der Waals surface area contributed by atoms with E-state index in [0.29, 0.717) is 0 Å². The number of aromatic amines is 1. The van der Waals surface area contributed by atoms with E-state index in [1.165, 1.54) is 0 Å². The molecular formula is C13H12N2. The lowest BCUT2D eigenvalue weighted by atomic mass is 10.2.